The summed E-state index contributed by atoms with van der Waals surface area (Å²) >= 11 is 0. The third-order valence-electron chi connectivity index (χ3n) is 9.23. The summed E-state index contributed by atoms with van der Waals surface area (Å²) in [6.07, 6.45) is 10.9. The van der Waals surface area contributed by atoms with Crippen molar-refractivity contribution in [1.29, 1.82) is 0 Å². The number of aryl methyl sites for hydroxylation is 1. The van der Waals surface area contributed by atoms with Gasteiger partial charge in [-0.25, -0.2) is 4.39 Å². The maximum atomic E-state index is 13.4. The standard InChI is InChI=1S/C33H37FN2O3/c1-31(2,30(35)38)36-29(37)28-7-5-4-6-22(28)14-16-33(39)17-15-26-19-25-18-23(21-10-12-27(34)13-11-21)8-9-24(25)20-32(26,33)3/h4-13,19,23,39H,14-18,20H2,1-3H3,(H2,35,38)(H,36,37). The van der Waals surface area contributed by atoms with Crippen LogP contribution in [-0.2, 0) is 11.2 Å². The van der Waals surface area contributed by atoms with E-state index in [-0.39, 0.29) is 23.1 Å². The van der Waals surface area contributed by atoms with Crippen molar-refractivity contribution >= 4 is 11.8 Å². The lowest BCUT2D eigenvalue weighted by Crippen LogP contribution is -2.53. The predicted molar refractivity (Wildman–Crippen MR) is 150 cm³/mol. The molecule has 6 heteroatoms. The van der Waals surface area contributed by atoms with Crippen LogP contribution in [0.5, 0.6) is 0 Å². The van der Waals surface area contributed by atoms with Gasteiger partial charge in [0, 0.05) is 16.9 Å². The first-order valence-electron chi connectivity index (χ1n) is 13.7. The number of carbonyl (C=O) groups excluding carboxylic acids is 2. The first-order valence-corrected chi connectivity index (χ1v) is 13.7. The number of allylic oxidation sites excluding steroid dienone is 5. The fraction of sp³-hybridized carbons (Fsp3) is 0.394. The molecule has 0 radical (unpaired) electrons. The molecule has 0 heterocycles. The summed E-state index contributed by atoms with van der Waals surface area (Å²) in [5.74, 6) is -0.965. The van der Waals surface area contributed by atoms with E-state index in [9.17, 15) is 19.1 Å². The number of halogens is 1. The van der Waals surface area contributed by atoms with Crippen LogP contribution in [-0.4, -0.2) is 28.1 Å². The Morgan fingerprint density at radius 3 is 2.56 bits per heavy atom. The Balaban J connectivity index is 1.31. The van der Waals surface area contributed by atoms with Gasteiger partial charge in [-0.05, 0) is 92.8 Å². The van der Waals surface area contributed by atoms with Gasteiger partial charge in [0.25, 0.3) is 5.91 Å². The first kappa shape index (κ1) is 27.1. The molecule has 1 saturated carbocycles. The lowest BCUT2D eigenvalue weighted by molar-refractivity contribution is -0.122. The molecule has 2 aromatic carbocycles. The Bertz CT molecular complexity index is 1400. The highest BCUT2D eigenvalue weighted by Gasteiger charge is 2.54. The Labute approximate surface area is 229 Å². The first-order chi connectivity index (χ1) is 18.4. The van der Waals surface area contributed by atoms with Gasteiger partial charge in [0.15, 0.2) is 0 Å². The van der Waals surface area contributed by atoms with Crippen LogP contribution in [0.15, 0.2) is 83.5 Å². The molecule has 5 rings (SSSR count). The van der Waals surface area contributed by atoms with Crippen LogP contribution in [0.25, 0.3) is 0 Å². The molecule has 2 aromatic rings. The molecular weight excluding hydrogens is 491 g/mol. The van der Waals surface area contributed by atoms with Crippen LogP contribution in [0.3, 0.4) is 0 Å². The average Bonchev–Trinajstić information content (AvgIpc) is 3.15. The predicted octanol–water partition coefficient (Wildman–Crippen LogP) is 5.65. The fourth-order valence-corrected chi connectivity index (χ4v) is 6.45. The van der Waals surface area contributed by atoms with Crippen molar-refractivity contribution < 1.29 is 19.1 Å². The summed E-state index contributed by atoms with van der Waals surface area (Å²) in [4.78, 5) is 24.8. The number of hydrogen-bond acceptors (Lipinski definition) is 3. The second-order valence-electron chi connectivity index (χ2n) is 12.1. The lowest BCUT2D eigenvalue weighted by atomic mass is 9.63. The highest BCUT2D eigenvalue weighted by atomic mass is 19.1. The summed E-state index contributed by atoms with van der Waals surface area (Å²) in [7, 11) is 0. The van der Waals surface area contributed by atoms with Crippen LogP contribution < -0.4 is 11.1 Å². The Kier molecular flexibility index (Phi) is 6.88. The molecule has 3 aliphatic carbocycles. The number of nitrogens with two attached hydrogens (primary N) is 1. The quantitative estimate of drug-likeness (QED) is 0.433. The minimum atomic E-state index is -1.17. The van der Waals surface area contributed by atoms with Crippen molar-refractivity contribution in [2.45, 2.75) is 76.4 Å². The summed E-state index contributed by atoms with van der Waals surface area (Å²) < 4.78 is 13.4. The second kappa shape index (κ2) is 9.91. The zero-order valence-electron chi connectivity index (χ0n) is 22.9. The van der Waals surface area contributed by atoms with Crippen molar-refractivity contribution in [2.75, 3.05) is 0 Å². The monoisotopic (exact) mass is 528 g/mol. The summed E-state index contributed by atoms with van der Waals surface area (Å²) in [6, 6.07) is 14.1. The second-order valence-corrected chi connectivity index (χ2v) is 12.1. The average molecular weight is 529 g/mol. The maximum Gasteiger partial charge on any atom is 0.252 e. The fourth-order valence-electron chi connectivity index (χ4n) is 6.45. The molecule has 0 saturated heterocycles. The van der Waals surface area contributed by atoms with Gasteiger partial charge in [0.05, 0.1) is 5.60 Å². The van der Waals surface area contributed by atoms with Crippen molar-refractivity contribution in [3.8, 4) is 0 Å². The molecule has 3 aliphatic rings. The molecule has 0 aromatic heterocycles. The van der Waals surface area contributed by atoms with Crippen LogP contribution in [0.4, 0.5) is 4.39 Å². The summed E-state index contributed by atoms with van der Waals surface area (Å²) in [5.41, 5.74) is 9.26. The van der Waals surface area contributed by atoms with Crippen molar-refractivity contribution in [2.24, 2.45) is 11.1 Å². The van der Waals surface area contributed by atoms with Crippen LogP contribution in [0, 0.1) is 11.2 Å². The van der Waals surface area contributed by atoms with Crippen molar-refractivity contribution in [3.05, 3.63) is 106 Å². The number of benzene rings is 2. The van der Waals surface area contributed by atoms with E-state index >= 15 is 0 Å². The Hall–Kier alpha value is -3.51. The van der Waals surface area contributed by atoms with Crippen LogP contribution in [0.1, 0.15) is 80.3 Å². The lowest BCUT2D eigenvalue weighted by Gasteiger charge is -2.44. The number of primary amides is 1. The number of hydrogen-bond donors (Lipinski definition) is 3. The molecule has 2 amide bonds. The normalized spacial score (nSPS) is 26.1. The van der Waals surface area contributed by atoms with Crippen LogP contribution in [0.2, 0.25) is 0 Å². The van der Waals surface area contributed by atoms with Crippen molar-refractivity contribution in [3.63, 3.8) is 0 Å². The van der Waals surface area contributed by atoms with E-state index in [1.807, 2.05) is 24.3 Å². The third-order valence-corrected chi connectivity index (χ3v) is 9.23. The maximum absolute atomic E-state index is 13.4. The van der Waals surface area contributed by atoms with E-state index in [1.165, 1.54) is 28.9 Å². The zero-order chi connectivity index (χ0) is 28.0. The Morgan fingerprint density at radius 1 is 1.13 bits per heavy atom. The number of nitrogens with one attached hydrogen (secondary N) is 1. The number of amides is 2. The van der Waals surface area contributed by atoms with E-state index in [1.54, 1.807) is 26.0 Å². The van der Waals surface area contributed by atoms with Crippen LogP contribution >= 0.6 is 0 Å². The van der Waals surface area contributed by atoms with E-state index in [0.29, 0.717) is 24.8 Å². The number of fused-ring (bicyclic) bond motifs is 1. The van der Waals surface area contributed by atoms with Crippen molar-refractivity contribution in [1.82, 2.24) is 5.32 Å². The van der Waals surface area contributed by atoms with Gasteiger partial charge >= 0.3 is 0 Å². The molecule has 204 valence electrons. The van der Waals surface area contributed by atoms with E-state index < -0.39 is 17.0 Å². The molecule has 0 spiro atoms. The highest BCUT2D eigenvalue weighted by Crippen LogP contribution is 2.59. The molecule has 3 atom stereocenters. The molecule has 0 aliphatic heterocycles. The van der Waals surface area contributed by atoms with E-state index in [0.717, 1.165) is 30.4 Å². The summed E-state index contributed by atoms with van der Waals surface area (Å²) in [6.45, 7) is 5.34. The molecule has 39 heavy (non-hydrogen) atoms. The topological polar surface area (TPSA) is 92.4 Å². The Morgan fingerprint density at radius 2 is 1.85 bits per heavy atom. The molecular formula is C33H37FN2O3. The molecule has 3 unspecified atom stereocenters. The van der Waals surface area contributed by atoms with E-state index in [2.05, 4.69) is 30.5 Å². The minimum Gasteiger partial charge on any atom is -0.389 e. The minimum absolute atomic E-state index is 0.216. The van der Waals surface area contributed by atoms with Gasteiger partial charge in [0.2, 0.25) is 5.91 Å². The SMILES string of the molecule is CC(C)(NC(=O)c1ccccc1CCC1(O)CCC2=CC3=C(C=CC(c4ccc(F)cc4)C3)CC21C)C(N)=O. The van der Waals surface area contributed by atoms with Gasteiger partial charge in [-0.3, -0.25) is 9.59 Å². The smallest absolute Gasteiger partial charge is 0.252 e. The number of aliphatic hydroxyl groups is 1. The number of rotatable bonds is 7. The van der Waals surface area contributed by atoms with E-state index in [4.69, 9.17) is 5.73 Å². The number of carbonyl (C=O) groups is 2. The van der Waals surface area contributed by atoms with Gasteiger partial charge in [-0.15, -0.1) is 0 Å². The molecule has 1 fully saturated rings. The molecule has 0 bridgehead atoms. The largest absolute Gasteiger partial charge is 0.389 e. The third kappa shape index (κ3) is 4.98. The van der Waals surface area contributed by atoms with Gasteiger partial charge in [0.1, 0.15) is 11.4 Å². The molecule has 4 N–H and O–H groups in total. The zero-order valence-corrected chi connectivity index (χ0v) is 22.9. The van der Waals surface area contributed by atoms with Gasteiger partial charge in [-0.1, -0.05) is 61.1 Å². The molecule has 5 nitrogen and oxygen atoms in total. The highest BCUT2D eigenvalue weighted by molar-refractivity contribution is 5.99. The van der Waals surface area contributed by atoms with Gasteiger partial charge in [-0.2, -0.15) is 0 Å². The van der Waals surface area contributed by atoms with Gasteiger partial charge < -0.3 is 16.2 Å². The summed E-state index contributed by atoms with van der Waals surface area (Å²) in [5, 5.41) is 14.8.